The Morgan fingerprint density at radius 1 is 1.26 bits per heavy atom. The van der Waals surface area contributed by atoms with Gasteiger partial charge in [-0.05, 0) is 59.0 Å². The number of aryl methyl sites for hydroxylation is 2. The van der Waals surface area contributed by atoms with Crippen LogP contribution in [0.15, 0.2) is 12.1 Å². The van der Waals surface area contributed by atoms with E-state index in [2.05, 4.69) is 57.1 Å². The van der Waals surface area contributed by atoms with Crippen molar-refractivity contribution < 1.29 is 4.74 Å². The molecule has 0 saturated carbocycles. The van der Waals surface area contributed by atoms with Gasteiger partial charge in [0, 0.05) is 24.2 Å². The Kier molecular flexibility index (Phi) is 5.39. The van der Waals surface area contributed by atoms with Gasteiger partial charge in [-0.1, -0.05) is 6.07 Å². The summed E-state index contributed by atoms with van der Waals surface area (Å²) in [6.07, 6.45) is 0. The van der Waals surface area contributed by atoms with Gasteiger partial charge in [-0.2, -0.15) is 0 Å². The SMILES string of the molecule is CNCC(C)(C)N(C)Cc1c(C)cc(C)cc1OC. The lowest BCUT2D eigenvalue weighted by Crippen LogP contribution is -2.47. The third-order valence-corrected chi connectivity index (χ3v) is 3.83. The fourth-order valence-corrected chi connectivity index (χ4v) is 2.36. The monoisotopic (exact) mass is 264 g/mol. The Labute approximate surface area is 118 Å². The molecule has 0 bridgehead atoms. The van der Waals surface area contributed by atoms with Gasteiger partial charge in [0.15, 0.2) is 0 Å². The number of nitrogens with one attached hydrogen (secondary N) is 1. The maximum atomic E-state index is 5.54. The Bertz CT molecular complexity index is 427. The van der Waals surface area contributed by atoms with E-state index < -0.39 is 0 Å². The van der Waals surface area contributed by atoms with E-state index in [0.29, 0.717) is 0 Å². The molecule has 3 heteroatoms. The highest BCUT2D eigenvalue weighted by atomic mass is 16.5. The molecule has 1 aromatic carbocycles. The van der Waals surface area contributed by atoms with Crippen molar-refractivity contribution in [1.29, 1.82) is 0 Å². The summed E-state index contributed by atoms with van der Waals surface area (Å²) in [6, 6.07) is 4.33. The Balaban J connectivity index is 2.99. The van der Waals surface area contributed by atoms with Crippen molar-refractivity contribution in [3.05, 3.63) is 28.8 Å². The number of benzene rings is 1. The molecule has 19 heavy (non-hydrogen) atoms. The first-order valence-corrected chi connectivity index (χ1v) is 6.81. The maximum Gasteiger partial charge on any atom is 0.123 e. The summed E-state index contributed by atoms with van der Waals surface area (Å²) in [7, 11) is 5.90. The van der Waals surface area contributed by atoms with E-state index in [-0.39, 0.29) is 5.54 Å². The number of ether oxygens (including phenoxy) is 1. The molecule has 0 heterocycles. The van der Waals surface area contributed by atoms with Crippen molar-refractivity contribution in [1.82, 2.24) is 10.2 Å². The Hall–Kier alpha value is -1.06. The van der Waals surface area contributed by atoms with Crippen LogP contribution in [0.25, 0.3) is 0 Å². The van der Waals surface area contributed by atoms with Crippen molar-refractivity contribution in [3.63, 3.8) is 0 Å². The molecule has 0 unspecified atom stereocenters. The molecule has 0 amide bonds. The molecule has 0 aromatic heterocycles. The fraction of sp³-hybridized carbons (Fsp3) is 0.625. The normalized spacial score (nSPS) is 12.0. The molecular weight excluding hydrogens is 236 g/mol. The van der Waals surface area contributed by atoms with E-state index in [1.165, 1.54) is 16.7 Å². The molecule has 0 radical (unpaired) electrons. The van der Waals surface area contributed by atoms with Gasteiger partial charge in [0.1, 0.15) is 5.75 Å². The van der Waals surface area contributed by atoms with Crippen LogP contribution in [0.3, 0.4) is 0 Å². The number of rotatable bonds is 6. The molecule has 0 saturated heterocycles. The highest BCUT2D eigenvalue weighted by molar-refractivity contribution is 5.43. The first-order chi connectivity index (χ1) is 8.81. The minimum Gasteiger partial charge on any atom is -0.496 e. The maximum absolute atomic E-state index is 5.54. The first kappa shape index (κ1) is 16.0. The topological polar surface area (TPSA) is 24.5 Å². The highest BCUT2D eigenvalue weighted by Gasteiger charge is 2.24. The quantitative estimate of drug-likeness (QED) is 0.855. The molecule has 0 fully saturated rings. The van der Waals surface area contributed by atoms with Crippen LogP contribution in [0, 0.1) is 13.8 Å². The zero-order chi connectivity index (χ0) is 14.6. The van der Waals surface area contributed by atoms with Gasteiger partial charge in [-0.25, -0.2) is 0 Å². The van der Waals surface area contributed by atoms with Gasteiger partial charge in [0.05, 0.1) is 7.11 Å². The molecule has 108 valence electrons. The van der Waals surface area contributed by atoms with Crippen molar-refractivity contribution >= 4 is 0 Å². The van der Waals surface area contributed by atoms with Gasteiger partial charge in [0.2, 0.25) is 0 Å². The molecule has 3 nitrogen and oxygen atoms in total. The van der Waals surface area contributed by atoms with Gasteiger partial charge < -0.3 is 10.1 Å². The third kappa shape index (κ3) is 3.95. The number of likely N-dealkylation sites (N-methyl/N-ethyl adjacent to an activating group) is 2. The molecule has 0 spiro atoms. The smallest absolute Gasteiger partial charge is 0.123 e. The highest BCUT2D eigenvalue weighted by Crippen LogP contribution is 2.27. The second-order valence-electron chi connectivity index (χ2n) is 5.96. The average Bonchev–Trinajstić information content (AvgIpc) is 2.31. The summed E-state index contributed by atoms with van der Waals surface area (Å²) in [5.74, 6) is 0.990. The van der Waals surface area contributed by atoms with Crippen LogP contribution in [0.5, 0.6) is 5.75 Å². The van der Waals surface area contributed by atoms with Crippen LogP contribution in [-0.2, 0) is 6.54 Å². The zero-order valence-electron chi connectivity index (χ0n) is 13.4. The van der Waals surface area contributed by atoms with Crippen LogP contribution < -0.4 is 10.1 Å². The van der Waals surface area contributed by atoms with Crippen LogP contribution in [-0.4, -0.2) is 38.2 Å². The molecule has 1 rings (SSSR count). The van der Waals surface area contributed by atoms with Gasteiger partial charge >= 0.3 is 0 Å². The summed E-state index contributed by atoms with van der Waals surface area (Å²) >= 11 is 0. The van der Waals surface area contributed by atoms with E-state index in [9.17, 15) is 0 Å². The fourth-order valence-electron chi connectivity index (χ4n) is 2.36. The number of methoxy groups -OCH3 is 1. The third-order valence-electron chi connectivity index (χ3n) is 3.83. The predicted octanol–water partition coefficient (Wildman–Crippen LogP) is 2.74. The summed E-state index contributed by atoms with van der Waals surface area (Å²) < 4.78 is 5.54. The predicted molar refractivity (Wildman–Crippen MR) is 81.9 cm³/mol. The lowest BCUT2D eigenvalue weighted by molar-refractivity contribution is 0.146. The number of hydrogen-bond donors (Lipinski definition) is 1. The van der Waals surface area contributed by atoms with Gasteiger partial charge in [-0.15, -0.1) is 0 Å². The van der Waals surface area contributed by atoms with E-state index in [1.807, 2.05) is 7.05 Å². The molecule has 1 aromatic rings. The van der Waals surface area contributed by atoms with Crippen LogP contribution in [0.2, 0.25) is 0 Å². The van der Waals surface area contributed by atoms with E-state index in [1.54, 1.807) is 7.11 Å². The molecule has 0 aliphatic rings. The average molecular weight is 264 g/mol. The second-order valence-corrected chi connectivity index (χ2v) is 5.96. The number of nitrogens with zero attached hydrogens (tertiary/aromatic N) is 1. The molecule has 0 aliphatic carbocycles. The van der Waals surface area contributed by atoms with Crippen molar-refractivity contribution in [2.45, 2.75) is 39.8 Å². The lowest BCUT2D eigenvalue weighted by Gasteiger charge is -2.36. The first-order valence-electron chi connectivity index (χ1n) is 6.81. The molecule has 0 aliphatic heterocycles. The van der Waals surface area contributed by atoms with Gasteiger partial charge in [-0.3, -0.25) is 4.90 Å². The van der Waals surface area contributed by atoms with Gasteiger partial charge in [0.25, 0.3) is 0 Å². The minimum absolute atomic E-state index is 0.108. The van der Waals surface area contributed by atoms with Crippen molar-refractivity contribution in [3.8, 4) is 5.75 Å². The Morgan fingerprint density at radius 2 is 1.89 bits per heavy atom. The summed E-state index contributed by atoms with van der Waals surface area (Å²) in [6.45, 7) is 10.6. The zero-order valence-corrected chi connectivity index (χ0v) is 13.4. The molecular formula is C16H28N2O. The van der Waals surface area contributed by atoms with E-state index in [0.717, 1.165) is 18.8 Å². The second kappa shape index (κ2) is 6.40. The van der Waals surface area contributed by atoms with Crippen molar-refractivity contribution in [2.75, 3.05) is 27.7 Å². The van der Waals surface area contributed by atoms with Crippen LogP contribution >= 0.6 is 0 Å². The largest absolute Gasteiger partial charge is 0.496 e. The molecule has 0 atom stereocenters. The number of hydrogen-bond acceptors (Lipinski definition) is 3. The van der Waals surface area contributed by atoms with E-state index >= 15 is 0 Å². The van der Waals surface area contributed by atoms with Crippen molar-refractivity contribution in [2.24, 2.45) is 0 Å². The summed E-state index contributed by atoms with van der Waals surface area (Å²) in [5, 5.41) is 3.25. The van der Waals surface area contributed by atoms with Crippen LogP contribution in [0.4, 0.5) is 0 Å². The standard InChI is InChI=1S/C16H28N2O/c1-12-8-13(2)14(15(9-12)19-7)10-18(6)16(3,4)11-17-5/h8-9,17H,10-11H2,1-7H3. The van der Waals surface area contributed by atoms with E-state index in [4.69, 9.17) is 4.74 Å². The molecule has 1 N–H and O–H groups in total. The summed E-state index contributed by atoms with van der Waals surface area (Å²) in [5.41, 5.74) is 3.93. The Morgan fingerprint density at radius 3 is 2.42 bits per heavy atom. The minimum atomic E-state index is 0.108. The van der Waals surface area contributed by atoms with Crippen LogP contribution in [0.1, 0.15) is 30.5 Å². The lowest BCUT2D eigenvalue weighted by atomic mass is 9.99. The summed E-state index contributed by atoms with van der Waals surface area (Å²) in [4.78, 5) is 2.36.